The van der Waals surface area contributed by atoms with Gasteiger partial charge in [0.1, 0.15) is 5.52 Å². The van der Waals surface area contributed by atoms with Crippen LogP contribution in [0.3, 0.4) is 0 Å². The molecule has 0 aliphatic heterocycles. The molecular formula is C14H20N2OS. The van der Waals surface area contributed by atoms with Crippen molar-refractivity contribution in [2.45, 2.75) is 37.5 Å². The van der Waals surface area contributed by atoms with Gasteiger partial charge in [-0.1, -0.05) is 30.3 Å². The molecule has 2 aromatic rings. The predicted molar refractivity (Wildman–Crippen MR) is 77.1 cm³/mol. The highest BCUT2D eigenvalue weighted by molar-refractivity contribution is 7.99. The van der Waals surface area contributed by atoms with Crippen LogP contribution < -0.4 is 5.32 Å². The van der Waals surface area contributed by atoms with Crippen molar-refractivity contribution in [2.24, 2.45) is 0 Å². The summed E-state index contributed by atoms with van der Waals surface area (Å²) in [7, 11) is 2.01. The topological polar surface area (TPSA) is 38.1 Å². The molecule has 18 heavy (non-hydrogen) atoms. The molecular weight excluding hydrogens is 244 g/mol. The SMILES string of the molecule is CNC(C)CCCCSc1nc2ccccc2o1. The van der Waals surface area contributed by atoms with Gasteiger partial charge in [0.2, 0.25) is 0 Å². The molecule has 0 fully saturated rings. The Kier molecular flexibility index (Phi) is 5.08. The van der Waals surface area contributed by atoms with Crippen molar-refractivity contribution in [2.75, 3.05) is 12.8 Å². The molecule has 0 aliphatic rings. The van der Waals surface area contributed by atoms with E-state index in [0.29, 0.717) is 6.04 Å². The van der Waals surface area contributed by atoms with Crippen LogP contribution in [0.2, 0.25) is 0 Å². The molecule has 1 atom stereocenters. The number of unbranched alkanes of at least 4 members (excludes halogenated alkanes) is 1. The molecule has 0 saturated heterocycles. The number of aromatic nitrogens is 1. The van der Waals surface area contributed by atoms with Gasteiger partial charge >= 0.3 is 0 Å². The first-order valence-electron chi connectivity index (χ1n) is 6.45. The molecule has 1 aromatic carbocycles. The second-order valence-corrected chi connectivity index (χ2v) is 5.53. The summed E-state index contributed by atoms with van der Waals surface area (Å²) in [6.07, 6.45) is 3.68. The predicted octanol–water partition coefficient (Wildman–Crippen LogP) is 3.70. The number of rotatable bonds is 7. The summed E-state index contributed by atoms with van der Waals surface area (Å²) in [6.45, 7) is 2.22. The number of oxazole rings is 1. The van der Waals surface area contributed by atoms with E-state index in [2.05, 4.69) is 17.2 Å². The second-order valence-electron chi connectivity index (χ2n) is 4.48. The molecule has 0 spiro atoms. The summed E-state index contributed by atoms with van der Waals surface area (Å²) in [4.78, 5) is 4.45. The van der Waals surface area contributed by atoms with Crippen molar-refractivity contribution in [3.63, 3.8) is 0 Å². The molecule has 0 aliphatic carbocycles. The van der Waals surface area contributed by atoms with Crippen LogP contribution in [0.5, 0.6) is 0 Å². The van der Waals surface area contributed by atoms with Gasteiger partial charge in [-0.05, 0) is 38.9 Å². The second kappa shape index (κ2) is 6.81. The van der Waals surface area contributed by atoms with Crippen molar-refractivity contribution in [1.29, 1.82) is 0 Å². The number of hydrogen-bond donors (Lipinski definition) is 1. The number of hydrogen-bond acceptors (Lipinski definition) is 4. The lowest BCUT2D eigenvalue weighted by atomic mass is 10.1. The van der Waals surface area contributed by atoms with Crippen LogP contribution in [0.4, 0.5) is 0 Å². The lowest BCUT2D eigenvalue weighted by molar-refractivity contribution is 0.488. The Bertz CT molecular complexity index is 450. The van der Waals surface area contributed by atoms with Crippen molar-refractivity contribution in [3.8, 4) is 0 Å². The fourth-order valence-corrected chi connectivity index (χ4v) is 2.60. The fraction of sp³-hybridized carbons (Fsp3) is 0.500. The highest BCUT2D eigenvalue weighted by Crippen LogP contribution is 2.24. The van der Waals surface area contributed by atoms with Gasteiger partial charge < -0.3 is 9.73 Å². The maximum Gasteiger partial charge on any atom is 0.256 e. The molecule has 98 valence electrons. The molecule has 1 heterocycles. The zero-order valence-corrected chi connectivity index (χ0v) is 11.8. The van der Waals surface area contributed by atoms with Crippen LogP contribution in [-0.4, -0.2) is 23.8 Å². The van der Waals surface area contributed by atoms with E-state index in [1.807, 2.05) is 31.3 Å². The monoisotopic (exact) mass is 264 g/mol. The third kappa shape index (κ3) is 3.75. The fourth-order valence-electron chi connectivity index (χ4n) is 1.77. The number of nitrogens with zero attached hydrogens (tertiary/aromatic N) is 1. The Morgan fingerprint density at radius 3 is 2.94 bits per heavy atom. The first-order valence-corrected chi connectivity index (χ1v) is 7.44. The van der Waals surface area contributed by atoms with Gasteiger partial charge in [0.05, 0.1) is 0 Å². The first-order chi connectivity index (χ1) is 8.79. The Morgan fingerprint density at radius 1 is 1.33 bits per heavy atom. The van der Waals surface area contributed by atoms with E-state index in [1.54, 1.807) is 11.8 Å². The largest absolute Gasteiger partial charge is 0.431 e. The van der Waals surface area contributed by atoms with Gasteiger partial charge in [-0.25, -0.2) is 4.98 Å². The van der Waals surface area contributed by atoms with Crippen LogP contribution in [0.25, 0.3) is 11.1 Å². The minimum Gasteiger partial charge on any atom is -0.431 e. The maximum absolute atomic E-state index is 5.66. The lowest BCUT2D eigenvalue weighted by Gasteiger charge is -2.08. The van der Waals surface area contributed by atoms with E-state index in [1.165, 1.54) is 19.3 Å². The maximum atomic E-state index is 5.66. The smallest absolute Gasteiger partial charge is 0.256 e. The minimum atomic E-state index is 0.610. The molecule has 1 unspecified atom stereocenters. The van der Waals surface area contributed by atoms with Crippen molar-refractivity contribution >= 4 is 22.9 Å². The first kappa shape index (κ1) is 13.4. The average Bonchev–Trinajstić information content (AvgIpc) is 2.80. The van der Waals surface area contributed by atoms with E-state index in [4.69, 9.17) is 4.42 Å². The number of thioether (sulfide) groups is 1. The van der Waals surface area contributed by atoms with Crippen molar-refractivity contribution in [1.82, 2.24) is 10.3 Å². The summed E-state index contributed by atoms with van der Waals surface area (Å²) in [5.41, 5.74) is 1.83. The molecule has 0 amide bonds. The van der Waals surface area contributed by atoms with Crippen molar-refractivity contribution in [3.05, 3.63) is 24.3 Å². The molecule has 0 saturated carbocycles. The molecule has 1 aromatic heterocycles. The Labute approximate surface area is 112 Å². The van der Waals surface area contributed by atoms with Gasteiger partial charge in [-0.3, -0.25) is 0 Å². The van der Waals surface area contributed by atoms with Crippen LogP contribution in [0.15, 0.2) is 33.9 Å². The number of para-hydroxylation sites is 2. The third-order valence-electron chi connectivity index (χ3n) is 3.02. The van der Waals surface area contributed by atoms with E-state index in [-0.39, 0.29) is 0 Å². The van der Waals surface area contributed by atoms with Crippen LogP contribution in [0.1, 0.15) is 26.2 Å². The van der Waals surface area contributed by atoms with Crippen LogP contribution >= 0.6 is 11.8 Å². The van der Waals surface area contributed by atoms with Gasteiger partial charge in [-0.2, -0.15) is 0 Å². The van der Waals surface area contributed by atoms with Gasteiger partial charge in [0.25, 0.3) is 5.22 Å². The zero-order chi connectivity index (χ0) is 12.8. The van der Waals surface area contributed by atoms with E-state index in [0.717, 1.165) is 22.1 Å². The number of benzene rings is 1. The minimum absolute atomic E-state index is 0.610. The number of fused-ring (bicyclic) bond motifs is 1. The third-order valence-corrected chi connectivity index (χ3v) is 3.94. The van der Waals surface area contributed by atoms with Gasteiger partial charge in [0.15, 0.2) is 5.58 Å². The highest BCUT2D eigenvalue weighted by Gasteiger charge is 2.05. The highest BCUT2D eigenvalue weighted by atomic mass is 32.2. The molecule has 1 N–H and O–H groups in total. The Balaban J connectivity index is 1.73. The molecule has 3 nitrogen and oxygen atoms in total. The summed E-state index contributed by atoms with van der Waals surface area (Å²) >= 11 is 1.71. The van der Waals surface area contributed by atoms with Gasteiger partial charge in [-0.15, -0.1) is 0 Å². The van der Waals surface area contributed by atoms with E-state index < -0.39 is 0 Å². The van der Waals surface area contributed by atoms with Crippen molar-refractivity contribution < 1.29 is 4.42 Å². The lowest BCUT2D eigenvalue weighted by Crippen LogP contribution is -2.20. The summed E-state index contributed by atoms with van der Waals surface area (Å²) < 4.78 is 5.66. The number of nitrogens with one attached hydrogen (secondary N) is 1. The van der Waals surface area contributed by atoms with Crippen LogP contribution in [0, 0.1) is 0 Å². The average molecular weight is 264 g/mol. The van der Waals surface area contributed by atoms with Gasteiger partial charge in [0, 0.05) is 11.8 Å². The molecule has 2 rings (SSSR count). The molecule has 4 heteroatoms. The molecule has 0 bridgehead atoms. The summed E-state index contributed by atoms with van der Waals surface area (Å²) in [5.74, 6) is 1.07. The van der Waals surface area contributed by atoms with Crippen LogP contribution in [-0.2, 0) is 0 Å². The standard InChI is InChI=1S/C14H20N2OS/c1-11(15-2)7-5-6-10-18-14-16-12-8-3-4-9-13(12)17-14/h3-4,8-9,11,15H,5-7,10H2,1-2H3. The van der Waals surface area contributed by atoms with E-state index >= 15 is 0 Å². The normalized spacial score (nSPS) is 13.0. The molecule has 0 radical (unpaired) electrons. The quantitative estimate of drug-likeness (QED) is 0.611. The Morgan fingerprint density at radius 2 is 2.17 bits per heavy atom. The summed E-state index contributed by atoms with van der Waals surface area (Å²) in [5, 5.41) is 4.04. The summed E-state index contributed by atoms with van der Waals surface area (Å²) in [6, 6.07) is 8.51. The van der Waals surface area contributed by atoms with E-state index in [9.17, 15) is 0 Å². The Hall–Kier alpha value is -1.00. The zero-order valence-electron chi connectivity index (χ0n) is 11.0.